The first kappa shape index (κ1) is 19.8. The summed E-state index contributed by atoms with van der Waals surface area (Å²) in [6.07, 6.45) is 1.55. The number of carbonyl (C=O) groups excluding carboxylic acids is 2. The number of nitrogens with one attached hydrogen (secondary N) is 3. The molecule has 8 heteroatoms. The molecule has 2 amide bonds. The minimum Gasteiger partial charge on any atom is -0.467 e. The predicted molar refractivity (Wildman–Crippen MR) is 110 cm³/mol. The number of hydrogen-bond donors (Lipinski definition) is 3. The number of furan rings is 1. The molecule has 1 aromatic heterocycles. The molecule has 0 bridgehead atoms. The highest BCUT2D eigenvalue weighted by Gasteiger charge is 2.09. The molecule has 3 N–H and O–H groups in total. The summed E-state index contributed by atoms with van der Waals surface area (Å²) in [6, 6.07) is 15.4. The molecule has 28 heavy (non-hydrogen) atoms. The molecule has 6 nitrogen and oxygen atoms in total. The standard InChI is InChI=1S/C20H17Cl2N3O3/c21-16-4-1-5-17(19(16)22)25-18(26)12-23-14-8-6-13(7-9-14)20(27)24-11-15-3-2-10-28-15/h1-10,23H,11-12H2,(H,24,27)(H,25,26). The van der Waals surface area contributed by atoms with Gasteiger partial charge in [0.05, 0.1) is 35.1 Å². The Kier molecular flexibility index (Phi) is 6.57. The fraction of sp³-hybridized carbons (Fsp3) is 0.100. The van der Waals surface area contributed by atoms with Crippen LogP contribution in [-0.2, 0) is 11.3 Å². The Morgan fingerprint density at radius 2 is 1.75 bits per heavy atom. The molecule has 2 aromatic carbocycles. The normalized spacial score (nSPS) is 10.4. The van der Waals surface area contributed by atoms with Crippen molar-refractivity contribution in [2.75, 3.05) is 17.2 Å². The topological polar surface area (TPSA) is 83.4 Å². The van der Waals surface area contributed by atoms with Crippen LogP contribution in [0.3, 0.4) is 0 Å². The van der Waals surface area contributed by atoms with Crippen molar-refractivity contribution in [2.45, 2.75) is 6.54 Å². The van der Waals surface area contributed by atoms with Gasteiger partial charge in [-0.1, -0.05) is 29.3 Å². The van der Waals surface area contributed by atoms with E-state index in [2.05, 4.69) is 16.0 Å². The van der Waals surface area contributed by atoms with Crippen LogP contribution in [0.25, 0.3) is 0 Å². The van der Waals surface area contributed by atoms with E-state index in [1.165, 1.54) is 0 Å². The second-order valence-corrected chi connectivity index (χ2v) is 6.63. The molecule has 1 heterocycles. The third kappa shape index (κ3) is 5.28. The Morgan fingerprint density at radius 1 is 0.964 bits per heavy atom. The molecule has 3 rings (SSSR count). The van der Waals surface area contributed by atoms with Gasteiger partial charge in [-0.2, -0.15) is 0 Å². The van der Waals surface area contributed by atoms with Gasteiger partial charge in [-0.3, -0.25) is 9.59 Å². The van der Waals surface area contributed by atoms with Crippen molar-refractivity contribution >= 4 is 46.4 Å². The van der Waals surface area contributed by atoms with E-state index < -0.39 is 0 Å². The summed E-state index contributed by atoms with van der Waals surface area (Å²) in [4.78, 5) is 24.2. The average Bonchev–Trinajstić information content (AvgIpc) is 3.22. The number of halogens is 2. The van der Waals surface area contributed by atoms with Gasteiger partial charge in [0.2, 0.25) is 5.91 Å². The van der Waals surface area contributed by atoms with Crippen molar-refractivity contribution < 1.29 is 14.0 Å². The molecule has 3 aromatic rings. The molecular formula is C20H17Cl2N3O3. The van der Waals surface area contributed by atoms with Gasteiger partial charge in [0.1, 0.15) is 5.76 Å². The maximum Gasteiger partial charge on any atom is 0.251 e. The highest BCUT2D eigenvalue weighted by molar-refractivity contribution is 6.44. The largest absolute Gasteiger partial charge is 0.467 e. The third-order valence-electron chi connectivity index (χ3n) is 3.83. The zero-order chi connectivity index (χ0) is 19.9. The lowest BCUT2D eigenvalue weighted by Gasteiger charge is -2.10. The lowest BCUT2D eigenvalue weighted by atomic mass is 10.2. The maximum absolute atomic E-state index is 12.1. The van der Waals surface area contributed by atoms with Gasteiger partial charge in [0, 0.05) is 11.3 Å². The molecule has 0 radical (unpaired) electrons. The van der Waals surface area contributed by atoms with Crippen molar-refractivity contribution in [3.05, 3.63) is 82.2 Å². The van der Waals surface area contributed by atoms with Crippen LogP contribution in [0.15, 0.2) is 65.3 Å². The van der Waals surface area contributed by atoms with E-state index >= 15 is 0 Å². The van der Waals surface area contributed by atoms with Crippen LogP contribution in [-0.4, -0.2) is 18.4 Å². The summed E-state index contributed by atoms with van der Waals surface area (Å²) in [5.41, 5.74) is 1.66. The monoisotopic (exact) mass is 417 g/mol. The number of anilines is 2. The molecule has 0 aliphatic rings. The van der Waals surface area contributed by atoms with Crippen LogP contribution < -0.4 is 16.0 Å². The number of hydrogen-bond acceptors (Lipinski definition) is 4. The van der Waals surface area contributed by atoms with Gasteiger partial charge in [0.25, 0.3) is 5.91 Å². The molecular weight excluding hydrogens is 401 g/mol. The molecule has 0 spiro atoms. The molecule has 0 aliphatic carbocycles. The minimum atomic E-state index is -0.274. The van der Waals surface area contributed by atoms with Crippen LogP contribution in [0, 0.1) is 0 Å². The van der Waals surface area contributed by atoms with Gasteiger partial charge >= 0.3 is 0 Å². The molecule has 0 saturated heterocycles. The van der Waals surface area contributed by atoms with E-state index in [9.17, 15) is 9.59 Å². The summed E-state index contributed by atoms with van der Waals surface area (Å²) >= 11 is 12.0. The zero-order valence-corrected chi connectivity index (χ0v) is 16.2. The fourth-order valence-corrected chi connectivity index (χ4v) is 2.75. The first-order valence-corrected chi connectivity index (χ1v) is 9.17. The average molecular weight is 418 g/mol. The number of carbonyl (C=O) groups is 2. The van der Waals surface area contributed by atoms with Gasteiger partial charge < -0.3 is 20.4 Å². The molecule has 0 fully saturated rings. The molecule has 0 saturated carbocycles. The second-order valence-electron chi connectivity index (χ2n) is 5.84. The number of benzene rings is 2. The summed E-state index contributed by atoms with van der Waals surface area (Å²) < 4.78 is 5.17. The molecule has 0 unspecified atom stereocenters. The van der Waals surface area contributed by atoms with Crippen LogP contribution in [0.5, 0.6) is 0 Å². The summed E-state index contributed by atoms with van der Waals surface area (Å²) in [5, 5.41) is 9.11. The first-order valence-electron chi connectivity index (χ1n) is 8.41. The highest BCUT2D eigenvalue weighted by Crippen LogP contribution is 2.29. The lowest BCUT2D eigenvalue weighted by Crippen LogP contribution is -2.23. The van der Waals surface area contributed by atoms with Crippen LogP contribution in [0.2, 0.25) is 10.0 Å². The van der Waals surface area contributed by atoms with E-state index in [1.54, 1.807) is 60.9 Å². The first-order chi connectivity index (χ1) is 13.5. The Bertz CT molecular complexity index is 957. The lowest BCUT2D eigenvalue weighted by molar-refractivity contribution is -0.114. The Balaban J connectivity index is 1.49. The smallest absolute Gasteiger partial charge is 0.251 e. The second kappa shape index (κ2) is 9.30. The number of rotatable bonds is 7. The Labute approximate surface area is 171 Å². The van der Waals surface area contributed by atoms with E-state index in [1.807, 2.05) is 0 Å². The Morgan fingerprint density at radius 3 is 2.46 bits per heavy atom. The summed E-state index contributed by atoms with van der Waals surface area (Å²) in [7, 11) is 0. The van der Waals surface area contributed by atoms with E-state index in [-0.39, 0.29) is 18.4 Å². The third-order valence-corrected chi connectivity index (χ3v) is 4.65. The fourth-order valence-electron chi connectivity index (χ4n) is 2.40. The maximum atomic E-state index is 12.1. The summed E-state index contributed by atoms with van der Waals surface area (Å²) in [5.74, 6) is 0.193. The molecule has 0 atom stereocenters. The van der Waals surface area contributed by atoms with Gasteiger partial charge in [-0.25, -0.2) is 0 Å². The molecule has 144 valence electrons. The predicted octanol–water partition coefficient (Wildman–Crippen LogP) is 4.57. The van der Waals surface area contributed by atoms with Crippen molar-refractivity contribution in [3.8, 4) is 0 Å². The SMILES string of the molecule is O=C(CNc1ccc(C(=O)NCc2ccco2)cc1)Nc1cccc(Cl)c1Cl. The Hall–Kier alpha value is -2.96. The number of amides is 2. The quantitative estimate of drug-likeness (QED) is 0.525. The van der Waals surface area contributed by atoms with E-state index in [0.29, 0.717) is 39.3 Å². The zero-order valence-electron chi connectivity index (χ0n) is 14.7. The van der Waals surface area contributed by atoms with Gasteiger partial charge in [-0.15, -0.1) is 0 Å². The van der Waals surface area contributed by atoms with E-state index in [0.717, 1.165) is 0 Å². The van der Waals surface area contributed by atoms with Crippen LogP contribution in [0.4, 0.5) is 11.4 Å². The van der Waals surface area contributed by atoms with Crippen molar-refractivity contribution in [1.29, 1.82) is 0 Å². The highest BCUT2D eigenvalue weighted by atomic mass is 35.5. The van der Waals surface area contributed by atoms with Crippen molar-refractivity contribution in [1.82, 2.24) is 5.32 Å². The van der Waals surface area contributed by atoms with Crippen LogP contribution >= 0.6 is 23.2 Å². The van der Waals surface area contributed by atoms with Crippen LogP contribution in [0.1, 0.15) is 16.1 Å². The molecule has 0 aliphatic heterocycles. The van der Waals surface area contributed by atoms with Gasteiger partial charge in [-0.05, 0) is 48.5 Å². The van der Waals surface area contributed by atoms with Crippen molar-refractivity contribution in [3.63, 3.8) is 0 Å². The van der Waals surface area contributed by atoms with E-state index in [4.69, 9.17) is 27.6 Å². The van der Waals surface area contributed by atoms with Crippen molar-refractivity contribution in [2.24, 2.45) is 0 Å². The summed E-state index contributed by atoms with van der Waals surface area (Å²) in [6.45, 7) is 0.352. The minimum absolute atomic E-state index is 0.0346. The van der Waals surface area contributed by atoms with Gasteiger partial charge in [0.15, 0.2) is 0 Å².